The van der Waals surface area contributed by atoms with Crippen molar-refractivity contribution >= 4 is 22.4 Å². The molecule has 0 saturated heterocycles. The minimum atomic E-state index is -0.223. The average Bonchev–Trinajstić information content (AvgIpc) is 3.16. The number of amides is 1. The second-order valence-corrected chi connectivity index (χ2v) is 8.38. The van der Waals surface area contributed by atoms with Gasteiger partial charge in [-0.3, -0.25) is 15.0 Å². The summed E-state index contributed by atoms with van der Waals surface area (Å²) in [5.74, 6) is 1.02. The highest BCUT2D eigenvalue weighted by Gasteiger charge is 2.22. The van der Waals surface area contributed by atoms with Crippen molar-refractivity contribution in [3.8, 4) is 11.5 Å². The molecular formula is C23H25N3O3S. The molecule has 0 radical (unpaired) electrons. The molecule has 3 aromatic rings. The van der Waals surface area contributed by atoms with Crippen LogP contribution in [0.4, 0.5) is 5.13 Å². The summed E-state index contributed by atoms with van der Waals surface area (Å²) in [4.78, 5) is 21.1. The van der Waals surface area contributed by atoms with Gasteiger partial charge >= 0.3 is 0 Å². The summed E-state index contributed by atoms with van der Waals surface area (Å²) >= 11 is 1.55. The van der Waals surface area contributed by atoms with E-state index in [1.54, 1.807) is 37.7 Å². The van der Waals surface area contributed by atoms with E-state index in [4.69, 9.17) is 9.47 Å². The molecule has 6 nitrogen and oxygen atoms in total. The van der Waals surface area contributed by atoms with Crippen molar-refractivity contribution < 1.29 is 14.3 Å². The first kappa shape index (κ1) is 20.4. The number of anilines is 1. The van der Waals surface area contributed by atoms with Crippen LogP contribution in [0.2, 0.25) is 0 Å². The van der Waals surface area contributed by atoms with E-state index in [9.17, 15) is 4.79 Å². The molecule has 156 valence electrons. The number of nitrogens with one attached hydrogen (secondary N) is 1. The molecule has 1 amide bonds. The maximum absolute atomic E-state index is 12.8. The van der Waals surface area contributed by atoms with Gasteiger partial charge in [0.2, 0.25) is 0 Å². The van der Waals surface area contributed by atoms with Gasteiger partial charge in [0.15, 0.2) is 5.13 Å². The quantitative estimate of drug-likeness (QED) is 0.641. The van der Waals surface area contributed by atoms with E-state index in [1.807, 2.05) is 13.0 Å². The normalized spacial score (nSPS) is 13.6. The van der Waals surface area contributed by atoms with Crippen LogP contribution >= 0.6 is 11.3 Å². The van der Waals surface area contributed by atoms with Crippen molar-refractivity contribution in [3.05, 3.63) is 69.7 Å². The Morgan fingerprint density at radius 1 is 1.17 bits per heavy atom. The Morgan fingerprint density at radius 2 is 1.87 bits per heavy atom. The molecule has 7 heteroatoms. The highest BCUT2D eigenvalue weighted by molar-refractivity contribution is 7.15. The minimum absolute atomic E-state index is 0.223. The standard InChI is InChI=1S/C23H25N3O3S/c1-15-19(28-2)11-17(12-20(15)29-3)22(27)25-23-24-18-9-10-26(14-21(18)30-23)13-16-7-5-4-6-8-16/h4-8,11-12H,9-10,13-14H2,1-3H3,(H,24,25,27). The number of hydrogen-bond donors (Lipinski definition) is 1. The number of nitrogens with zero attached hydrogens (tertiary/aromatic N) is 2. The van der Waals surface area contributed by atoms with Crippen LogP contribution in [0.25, 0.3) is 0 Å². The van der Waals surface area contributed by atoms with Crippen LogP contribution < -0.4 is 14.8 Å². The predicted molar refractivity (Wildman–Crippen MR) is 119 cm³/mol. The lowest BCUT2D eigenvalue weighted by Gasteiger charge is -2.25. The van der Waals surface area contributed by atoms with Crippen molar-refractivity contribution in [2.45, 2.75) is 26.4 Å². The van der Waals surface area contributed by atoms with Crippen molar-refractivity contribution in [2.75, 3.05) is 26.1 Å². The van der Waals surface area contributed by atoms with Crippen molar-refractivity contribution in [1.82, 2.24) is 9.88 Å². The number of aromatic nitrogens is 1. The van der Waals surface area contributed by atoms with Crippen molar-refractivity contribution in [2.24, 2.45) is 0 Å². The maximum atomic E-state index is 12.8. The number of thiazole rings is 1. The van der Waals surface area contributed by atoms with Gasteiger partial charge in [0.05, 0.1) is 19.9 Å². The van der Waals surface area contributed by atoms with Crippen LogP contribution in [0.15, 0.2) is 42.5 Å². The van der Waals surface area contributed by atoms with Gasteiger partial charge in [0.25, 0.3) is 5.91 Å². The van der Waals surface area contributed by atoms with Crippen LogP contribution in [0.1, 0.15) is 32.1 Å². The molecular weight excluding hydrogens is 398 g/mol. The number of fused-ring (bicyclic) bond motifs is 1. The van der Waals surface area contributed by atoms with Gasteiger partial charge in [-0.05, 0) is 24.6 Å². The Morgan fingerprint density at radius 3 is 2.53 bits per heavy atom. The van der Waals surface area contributed by atoms with Gasteiger partial charge in [-0.25, -0.2) is 4.98 Å². The fourth-order valence-electron chi connectivity index (χ4n) is 3.66. The molecule has 0 saturated carbocycles. The highest BCUT2D eigenvalue weighted by Crippen LogP contribution is 2.32. The van der Waals surface area contributed by atoms with E-state index in [0.29, 0.717) is 22.2 Å². The molecule has 1 aliphatic heterocycles. The monoisotopic (exact) mass is 423 g/mol. The Labute approximate surface area is 180 Å². The van der Waals surface area contributed by atoms with Gasteiger partial charge in [0.1, 0.15) is 11.5 Å². The zero-order valence-electron chi connectivity index (χ0n) is 17.4. The average molecular weight is 424 g/mol. The number of carbonyl (C=O) groups excluding carboxylic acids is 1. The van der Waals surface area contributed by atoms with Crippen LogP contribution in [0, 0.1) is 6.92 Å². The third kappa shape index (κ3) is 4.32. The summed E-state index contributed by atoms with van der Waals surface area (Å²) < 4.78 is 10.8. The number of benzene rings is 2. The Bertz CT molecular complexity index is 1020. The lowest BCUT2D eigenvalue weighted by atomic mass is 10.1. The fraction of sp³-hybridized carbons (Fsp3) is 0.304. The van der Waals surface area contributed by atoms with Gasteiger partial charge in [-0.15, -0.1) is 11.3 Å². The largest absolute Gasteiger partial charge is 0.496 e. The SMILES string of the molecule is COc1cc(C(=O)Nc2nc3c(s2)CN(Cc2ccccc2)CC3)cc(OC)c1C. The summed E-state index contributed by atoms with van der Waals surface area (Å²) in [6.07, 6.45) is 0.890. The Kier molecular flexibility index (Phi) is 6.01. The van der Waals surface area contributed by atoms with Crippen LogP contribution in [0.5, 0.6) is 11.5 Å². The third-order valence-corrected chi connectivity index (χ3v) is 6.29. The maximum Gasteiger partial charge on any atom is 0.257 e. The molecule has 4 rings (SSSR count). The van der Waals surface area contributed by atoms with Gasteiger partial charge < -0.3 is 9.47 Å². The molecule has 0 unspecified atom stereocenters. The topological polar surface area (TPSA) is 63.7 Å². The molecule has 1 aliphatic rings. The van der Waals surface area contributed by atoms with Gasteiger partial charge in [-0.1, -0.05) is 30.3 Å². The van der Waals surface area contributed by atoms with Crippen molar-refractivity contribution in [1.29, 1.82) is 0 Å². The molecule has 0 aliphatic carbocycles. The molecule has 1 aromatic heterocycles. The van der Waals surface area contributed by atoms with E-state index in [1.165, 1.54) is 10.4 Å². The molecule has 30 heavy (non-hydrogen) atoms. The van der Waals surface area contributed by atoms with Crippen LogP contribution in [-0.4, -0.2) is 36.6 Å². The third-order valence-electron chi connectivity index (χ3n) is 5.29. The summed E-state index contributed by atoms with van der Waals surface area (Å²) in [6, 6.07) is 13.9. The highest BCUT2D eigenvalue weighted by atomic mass is 32.1. The van der Waals surface area contributed by atoms with Gasteiger partial charge in [0, 0.05) is 42.1 Å². The molecule has 2 aromatic carbocycles. The number of hydrogen-bond acceptors (Lipinski definition) is 6. The zero-order valence-corrected chi connectivity index (χ0v) is 18.2. The summed E-state index contributed by atoms with van der Waals surface area (Å²) in [6.45, 7) is 4.63. The second-order valence-electron chi connectivity index (χ2n) is 7.30. The van der Waals surface area contributed by atoms with E-state index in [2.05, 4.69) is 39.5 Å². The summed E-state index contributed by atoms with van der Waals surface area (Å²) in [5.41, 5.74) is 3.73. The Hall–Kier alpha value is -2.90. The van der Waals surface area contributed by atoms with E-state index >= 15 is 0 Å². The molecule has 0 fully saturated rings. The lowest BCUT2D eigenvalue weighted by Crippen LogP contribution is -2.29. The Balaban J connectivity index is 1.46. The fourth-order valence-corrected chi connectivity index (χ4v) is 4.71. The first-order chi connectivity index (χ1) is 14.6. The first-order valence-electron chi connectivity index (χ1n) is 9.86. The number of ether oxygens (including phenoxy) is 2. The van der Waals surface area contributed by atoms with Crippen molar-refractivity contribution in [3.63, 3.8) is 0 Å². The molecule has 2 heterocycles. The second kappa shape index (κ2) is 8.85. The summed E-state index contributed by atoms with van der Waals surface area (Å²) in [7, 11) is 3.17. The summed E-state index contributed by atoms with van der Waals surface area (Å²) in [5, 5.41) is 3.57. The van der Waals surface area contributed by atoms with Crippen LogP contribution in [0.3, 0.4) is 0 Å². The number of carbonyl (C=O) groups is 1. The molecule has 0 bridgehead atoms. The van der Waals surface area contributed by atoms with Crippen LogP contribution in [-0.2, 0) is 19.5 Å². The molecule has 0 atom stereocenters. The number of methoxy groups -OCH3 is 2. The molecule has 0 spiro atoms. The number of rotatable bonds is 6. The lowest BCUT2D eigenvalue weighted by molar-refractivity contribution is 0.102. The van der Waals surface area contributed by atoms with E-state index < -0.39 is 0 Å². The minimum Gasteiger partial charge on any atom is -0.496 e. The smallest absolute Gasteiger partial charge is 0.257 e. The van der Waals surface area contributed by atoms with E-state index in [-0.39, 0.29) is 5.91 Å². The zero-order chi connectivity index (χ0) is 21.1. The van der Waals surface area contributed by atoms with E-state index in [0.717, 1.165) is 37.3 Å². The van der Waals surface area contributed by atoms with Gasteiger partial charge in [-0.2, -0.15) is 0 Å². The predicted octanol–water partition coefficient (Wildman–Crippen LogP) is 4.28. The first-order valence-corrected chi connectivity index (χ1v) is 10.7. The molecule has 1 N–H and O–H groups in total.